The Balaban J connectivity index is 1.43. The minimum atomic E-state index is -3.55. The van der Waals surface area contributed by atoms with E-state index in [-0.39, 0.29) is 11.0 Å². The van der Waals surface area contributed by atoms with E-state index in [1.165, 1.54) is 4.31 Å². The maximum atomic E-state index is 12.9. The van der Waals surface area contributed by atoms with Gasteiger partial charge in [-0.15, -0.1) is 0 Å². The van der Waals surface area contributed by atoms with Gasteiger partial charge in [-0.1, -0.05) is 18.2 Å². The van der Waals surface area contributed by atoms with Crippen LogP contribution in [0.5, 0.6) is 17.2 Å². The van der Waals surface area contributed by atoms with Crippen molar-refractivity contribution < 1.29 is 22.6 Å². The number of hydrogen-bond donors (Lipinski definition) is 0. The van der Waals surface area contributed by atoms with Crippen molar-refractivity contribution in [2.24, 2.45) is 0 Å². The monoisotopic (exact) mass is 375 g/mol. The molecule has 0 amide bonds. The summed E-state index contributed by atoms with van der Waals surface area (Å²) in [4.78, 5) is 0.240. The van der Waals surface area contributed by atoms with E-state index >= 15 is 0 Å². The molecule has 2 aromatic carbocycles. The van der Waals surface area contributed by atoms with Crippen molar-refractivity contribution in [1.29, 1.82) is 0 Å². The molecule has 4 rings (SSSR count). The van der Waals surface area contributed by atoms with Crippen LogP contribution in [0.15, 0.2) is 53.4 Å². The van der Waals surface area contributed by atoms with Gasteiger partial charge in [-0.2, -0.15) is 4.31 Å². The van der Waals surface area contributed by atoms with Gasteiger partial charge < -0.3 is 14.2 Å². The first-order valence-corrected chi connectivity index (χ1v) is 10.2. The second-order valence-corrected chi connectivity index (χ2v) is 8.28. The van der Waals surface area contributed by atoms with Gasteiger partial charge in [0, 0.05) is 19.2 Å². The molecule has 0 saturated carbocycles. The Morgan fingerprint density at radius 3 is 2.35 bits per heavy atom. The van der Waals surface area contributed by atoms with E-state index in [2.05, 4.69) is 0 Å². The van der Waals surface area contributed by atoms with E-state index in [4.69, 9.17) is 14.2 Å². The van der Waals surface area contributed by atoms with E-state index < -0.39 is 10.0 Å². The summed E-state index contributed by atoms with van der Waals surface area (Å²) in [5.74, 6) is 1.89. The molecule has 1 saturated heterocycles. The standard InChI is InChI=1S/C19H21NO5S/c21-26(22,17-6-7-18-19(14-17)24-13-12-23-18)20-10-8-16(9-11-20)25-15-4-2-1-3-5-15/h1-7,14,16H,8-13H2. The van der Waals surface area contributed by atoms with Crippen LogP contribution in [0.4, 0.5) is 0 Å². The number of para-hydroxylation sites is 1. The van der Waals surface area contributed by atoms with Gasteiger partial charge in [0.05, 0.1) is 4.90 Å². The second-order valence-electron chi connectivity index (χ2n) is 6.34. The first kappa shape index (κ1) is 17.2. The maximum Gasteiger partial charge on any atom is 0.243 e. The van der Waals surface area contributed by atoms with Crippen LogP contribution in [0.1, 0.15) is 12.8 Å². The molecule has 7 heteroatoms. The lowest BCUT2D eigenvalue weighted by Gasteiger charge is -2.31. The number of ether oxygens (including phenoxy) is 3. The van der Waals surface area contributed by atoms with Gasteiger partial charge in [-0.25, -0.2) is 8.42 Å². The van der Waals surface area contributed by atoms with E-state index in [1.807, 2.05) is 30.3 Å². The highest BCUT2D eigenvalue weighted by Crippen LogP contribution is 2.33. The van der Waals surface area contributed by atoms with Crippen molar-refractivity contribution in [3.8, 4) is 17.2 Å². The fraction of sp³-hybridized carbons (Fsp3) is 0.368. The molecule has 0 unspecified atom stereocenters. The molecule has 2 aliphatic rings. The van der Waals surface area contributed by atoms with Gasteiger partial charge in [-0.3, -0.25) is 0 Å². The van der Waals surface area contributed by atoms with Crippen LogP contribution in [0.3, 0.4) is 0 Å². The van der Waals surface area contributed by atoms with Gasteiger partial charge >= 0.3 is 0 Å². The molecule has 0 atom stereocenters. The molecule has 1 fully saturated rings. The summed E-state index contributed by atoms with van der Waals surface area (Å²) in [6, 6.07) is 14.4. The van der Waals surface area contributed by atoms with Crippen LogP contribution < -0.4 is 14.2 Å². The molecule has 2 heterocycles. The largest absolute Gasteiger partial charge is 0.490 e. The number of benzene rings is 2. The van der Waals surface area contributed by atoms with Crippen molar-refractivity contribution >= 4 is 10.0 Å². The highest BCUT2D eigenvalue weighted by atomic mass is 32.2. The second kappa shape index (κ2) is 7.17. The van der Waals surface area contributed by atoms with Crippen LogP contribution in [-0.4, -0.2) is 45.1 Å². The fourth-order valence-corrected chi connectivity index (χ4v) is 4.70. The van der Waals surface area contributed by atoms with Gasteiger partial charge in [0.15, 0.2) is 11.5 Å². The molecule has 0 aromatic heterocycles. The van der Waals surface area contributed by atoms with E-state index in [0.717, 1.165) is 5.75 Å². The minimum Gasteiger partial charge on any atom is -0.490 e. The zero-order chi connectivity index (χ0) is 18.0. The van der Waals surface area contributed by atoms with Gasteiger partial charge in [0.2, 0.25) is 10.0 Å². The number of fused-ring (bicyclic) bond motifs is 1. The molecule has 0 N–H and O–H groups in total. The molecule has 0 radical (unpaired) electrons. The van der Waals surface area contributed by atoms with Crippen LogP contribution in [0, 0.1) is 0 Å². The van der Waals surface area contributed by atoms with Crippen molar-refractivity contribution in [2.75, 3.05) is 26.3 Å². The summed E-state index contributed by atoms with van der Waals surface area (Å²) in [6.07, 6.45) is 1.36. The topological polar surface area (TPSA) is 65.1 Å². The molecule has 6 nitrogen and oxygen atoms in total. The highest BCUT2D eigenvalue weighted by Gasteiger charge is 2.31. The highest BCUT2D eigenvalue weighted by molar-refractivity contribution is 7.89. The third kappa shape index (κ3) is 3.50. The Kier molecular flexibility index (Phi) is 4.74. The van der Waals surface area contributed by atoms with Crippen LogP contribution in [0.25, 0.3) is 0 Å². The Morgan fingerprint density at radius 2 is 1.62 bits per heavy atom. The Labute approximate surface area is 153 Å². The lowest BCUT2D eigenvalue weighted by atomic mass is 10.1. The maximum absolute atomic E-state index is 12.9. The summed E-state index contributed by atoms with van der Waals surface area (Å²) in [5, 5.41) is 0. The summed E-state index contributed by atoms with van der Waals surface area (Å²) in [6.45, 7) is 1.79. The molecular weight excluding hydrogens is 354 g/mol. The first-order valence-electron chi connectivity index (χ1n) is 8.74. The van der Waals surface area contributed by atoms with Gasteiger partial charge in [0.1, 0.15) is 25.1 Å². The van der Waals surface area contributed by atoms with E-state index in [0.29, 0.717) is 50.6 Å². The van der Waals surface area contributed by atoms with Crippen molar-refractivity contribution in [3.05, 3.63) is 48.5 Å². The number of rotatable bonds is 4. The van der Waals surface area contributed by atoms with Crippen molar-refractivity contribution in [2.45, 2.75) is 23.8 Å². The predicted octanol–water partition coefficient (Wildman–Crippen LogP) is 2.69. The first-order chi connectivity index (χ1) is 12.6. The van der Waals surface area contributed by atoms with E-state index in [1.54, 1.807) is 18.2 Å². The van der Waals surface area contributed by atoms with Crippen molar-refractivity contribution in [1.82, 2.24) is 4.31 Å². The fourth-order valence-electron chi connectivity index (χ4n) is 3.22. The molecule has 0 spiro atoms. The molecule has 138 valence electrons. The van der Waals surface area contributed by atoms with Gasteiger partial charge in [0.25, 0.3) is 0 Å². The number of sulfonamides is 1. The average Bonchev–Trinajstić information content (AvgIpc) is 2.69. The SMILES string of the molecule is O=S(=O)(c1ccc2c(c1)OCCO2)N1CCC(Oc2ccccc2)CC1. The number of hydrogen-bond acceptors (Lipinski definition) is 5. The zero-order valence-electron chi connectivity index (χ0n) is 14.3. The van der Waals surface area contributed by atoms with Crippen LogP contribution in [0.2, 0.25) is 0 Å². The third-order valence-corrected chi connectivity index (χ3v) is 6.49. The smallest absolute Gasteiger partial charge is 0.243 e. The predicted molar refractivity (Wildman–Crippen MR) is 96.3 cm³/mol. The van der Waals surface area contributed by atoms with Crippen LogP contribution >= 0.6 is 0 Å². The summed E-state index contributed by atoms with van der Waals surface area (Å²) < 4.78 is 44.3. The third-order valence-electron chi connectivity index (χ3n) is 4.60. The molecule has 2 aromatic rings. The molecule has 26 heavy (non-hydrogen) atoms. The summed E-state index contributed by atoms with van der Waals surface area (Å²) in [7, 11) is -3.55. The Hall–Kier alpha value is -2.25. The summed E-state index contributed by atoms with van der Waals surface area (Å²) >= 11 is 0. The molecule has 2 aliphatic heterocycles. The normalized spacial score (nSPS) is 18.5. The minimum absolute atomic E-state index is 0.0316. The molecular formula is C19H21NO5S. The Morgan fingerprint density at radius 1 is 0.923 bits per heavy atom. The molecule has 0 bridgehead atoms. The van der Waals surface area contributed by atoms with E-state index in [9.17, 15) is 8.42 Å². The number of piperidine rings is 1. The Bertz CT molecular complexity index is 861. The lowest BCUT2D eigenvalue weighted by Crippen LogP contribution is -2.41. The van der Waals surface area contributed by atoms with Crippen LogP contribution in [-0.2, 0) is 10.0 Å². The van der Waals surface area contributed by atoms with Gasteiger partial charge in [-0.05, 0) is 37.1 Å². The average molecular weight is 375 g/mol. The van der Waals surface area contributed by atoms with Crippen molar-refractivity contribution in [3.63, 3.8) is 0 Å². The quantitative estimate of drug-likeness (QED) is 0.822. The zero-order valence-corrected chi connectivity index (χ0v) is 15.2. The summed E-state index contributed by atoms with van der Waals surface area (Å²) in [5.41, 5.74) is 0. The molecule has 0 aliphatic carbocycles. The number of nitrogens with zero attached hydrogens (tertiary/aromatic N) is 1. The lowest BCUT2D eigenvalue weighted by molar-refractivity contribution is 0.135.